The summed E-state index contributed by atoms with van der Waals surface area (Å²) < 4.78 is 1.94. The predicted molar refractivity (Wildman–Crippen MR) is 66.7 cm³/mol. The second kappa shape index (κ2) is 4.89. The Bertz CT molecular complexity index is 568. The molecule has 0 fully saturated rings. The van der Waals surface area contributed by atoms with Crippen LogP contribution in [0.4, 0.5) is 5.69 Å². The molecule has 5 heteroatoms. The van der Waals surface area contributed by atoms with E-state index in [2.05, 4.69) is 10.3 Å². The van der Waals surface area contributed by atoms with E-state index in [0.717, 1.165) is 11.5 Å². The lowest BCUT2D eigenvalue weighted by Crippen LogP contribution is -2.05. The summed E-state index contributed by atoms with van der Waals surface area (Å²) in [6.07, 6.45) is 3.64. The molecule has 1 aromatic heterocycles. The second-order valence-corrected chi connectivity index (χ2v) is 4.02. The minimum atomic E-state index is 0.468. The molecule has 1 aromatic carbocycles. The number of nitrogens with zero attached hydrogens (tertiary/aromatic N) is 3. The van der Waals surface area contributed by atoms with Crippen molar-refractivity contribution in [3.05, 3.63) is 47.0 Å². The molecule has 2 rings (SSSR count). The van der Waals surface area contributed by atoms with Gasteiger partial charge in [-0.1, -0.05) is 11.6 Å². The Kier molecular flexibility index (Phi) is 3.31. The lowest BCUT2D eigenvalue weighted by molar-refractivity contribution is 0.813. The quantitative estimate of drug-likeness (QED) is 0.906. The van der Waals surface area contributed by atoms with Gasteiger partial charge in [-0.3, -0.25) is 0 Å². The number of nitriles is 1. The fourth-order valence-corrected chi connectivity index (χ4v) is 1.63. The Hall–Kier alpha value is -1.99. The number of aromatic nitrogens is 2. The van der Waals surface area contributed by atoms with Gasteiger partial charge in [-0.2, -0.15) is 5.26 Å². The number of hydrogen-bond acceptors (Lipinski definition) is 3. The topological polar surface area (TPSA) is 53.6 Å². The standard InChI is InChI=1S/C12H11ClN4/c1-17-5-4-15-12(17)8-16-10-2-3-11(13)9(6-10)7-14/h2-6,16H,8H2,1H3. The second-order valence-electron chi connectivity index (χ2n) is 3.61. The zero-order chi connectivity index (χ0) is 12.3. The van der Waals surface area contributed by atoms with E-state index in [9.17, 15) is 0 Å². The first-order valence-corrected chi connectivity index (χ1v) is 5.48. The van der Waals surface area contributed by atoms with Gasteiger partial charge in [0.25, 0.3) is 0 Å². The number of anilines is 1. The molecule has 0 aliphatic rings. The van der Waals surface area contributed by atoms with E-state index in [1.807, 2.05) is 29.9 Å². The van der Waals surface area contributed by atoms with Crippen molar-refractivity contribution in [3.63, 3.8) is 0 Å². The van der Waals surface area contributed by atoms with Gasteiger partial charge >= 0.3 is 0 Å². The average Bonchev–Trinajstić information content (AvgIpc) is 2.74. The highest BCUT2D eigenvalue weighted by atomic mass is 35.5. The smallest absolute Gasteiger partial charge is 0.127 e. The maximum Gasteiger partial charge on any atom is 0.127 e. The van der Waals surface area contributed by atoms with Gasteiger partial charge in [-0.05, 0) is 18.2 Å². The Labute approximate surface area is 104 Å². The van der Waals surface area contributed by atoms with Crippen molar-refractivity contribution in [2.45, 2.75) is 6.54 Å². The highest BCUT2D eigenvalue weighted by Gasteiger charge is 2.02. The van der Waals surface area contributed by atoms with Gasteiger partial charge in [-0.25, -0.2) is 4.98 Å². The Morgan fingerprint density at radius 1 is 1.53 bits per heavy atom. The van der Waals surface area contributed by atoms with Crippen LogP contribution < -0.4 is 5.32 Å². The van der Waals surface area contributed by atoms with Crippen LogP contribution in [0.25, 0.3) is 0 Å². The van der Waals surface area contributed by atoms with Crippen molar-refractivity contribution in [3.8, 4) is 6.07 Å². The number of imidazole rings is 1. The fraction of sp³-hybridized carbons (Fsp3) is 0.167. The molecule has 0 atom stereocenters. The molecule has 0 spiro atoms. The summed E-state index contributed by atoms with van der Waals surface area (Å²) in [6.45, 7) is 0.607. The number of hydrogen-bond donors (Lipinski definition) is 1. The third kappa shape index (κ3) is 2.58. The van der Waals surface area contributed by atoms with Crippen LogP contribution in [-0.2, 0) is 13.6 Å². The van der Waals surface area contributed by atoms with Gasteiger partial charge in [0.15, 0.2) is 0 Å². The van der Waals surface area contributed by atoms with Crippen LogP contribution in [0.3, 0.4) is 0 Å². The zero-order valence-electron chi connectivity index (χ0n) is 9.31. The van der Waals surface area contributed by atoms with E-state index in [4.69, 9.17) is 16.9 Å². The first-order chi connectivity index (χ1) is 8.20. The van der Waals surface area contributed by atoms with Gasteiger partial charge in [0, 0.05) is 25.1 Å². The van der Waals surface area contributed by atoms with Crippen molar-refractivity contribution < 1.29 is 0 Å². The van der Waals surface area contributed by atoms with Crippen LogP contribution in [0.1, 0.15) is 11.4 Å². The summed E-state index contributed by atoms with van der Waals surface area (Å²) in [5.41, 5.74) is 1.32. The summed E-state index contributed by atoms with van der Waals surface area (Å²) in [5, 5.41) is 12.5. The molecule has 0 saturated carbocycles. The Morgan fingerprint density at radius 2 is 2.35 bits per heavy atom. The molecule has 2 aromatic rings. The summed E-state index contributed by atoms with van der Waals surface area (Å²) in [7, 11) is 1.94. The van der Waals surface area contributed by atoms with Crippen molar-refractivity contribution >= 4 is 17.3 Å². The molecule has 0 bridgehead atoms. The third-order valence-corrected chi connectivity index (χ3v) is 2.79. The van der Waals surface area contributed by atoms with Crippen LogP contribution in [0.2, 0.25) is 5.02 Å². The van der Waals surface area contributed by atoms with Crippen molar-refractivity contribution in [1.82, 2.24) is 9.55 Å². The van der Waals surface area contributed by atoms with E-state index < -0.39 is 0 Å². The zero-order valence-corrected chi connectivity index (χ0v) is 10.1. The van der Waals surface area contributed by atoms with Gasteiger partial charge in [0.2, 0.25) is 0 Å². The summed E-state index contributed by atoms with van der Waals surface area (Å²) >= 11 is 5.85. The van der Waals surface area contributed by atoms with Gasteiger partial charge in [0.1, 0.15) is 11.9 Å². The van der Waals surface area contributed by atoms with Crippen molar-refractivity contribution in [2.75, 3.05) is 5.32 Å². The van der Waals surface area contributed by atoms with E-state index in [0.29, 0.717) is 17.1 Å². The van der Waals surface area contributed by atoms with Crippen molar-refractivity contribution in [2.24, 2.45) is 7.05 Å². The van der Waals surface area contributed by atoms with Crippen molar-refractivity contribution in [1.29, 1.82) is 5.26 Å². The molecule has 0 aliphatic carbocycles. The SMILES string of the molecule is Cn1ccnc1CNc1ccc(Cl)c(C#N)c1. The van der Waals surface area contributed by atoms with E-state index in [1.165, 1.54) is 0 Å². The van der Waals surface area contributed by atoms with Gasteiger partial charge in [-0.15, -0.1) is 0 Å². The molecule has 0 amide bonds. The monoisotopic (exact) mass is 246 g/mol. The molecule has 17 heavy (non-hydrogen) atoms. The maximum absolute atomic E-state index is 8.86. The van der Waals surface area contributed by atoms with Crippen LogP contribution in [0.5, 0.6) is 0 Å². The lowest BCUT2D eigenvalue weighted by Gasteiger charge is -2.07. The summed E-state index contributed by atoms with van der Waals surface area (Å²) in [6, 6.07) is 7.32. The van der Waals surface area contributed by atoms with Crippen LogP contribution >= 0.6 is 11.6 Å². The molecular weight excluding hydrogens is 236 g/mol. The first-order valence-electron chi connectivity index (χ1n) is 5.10. The van der Waals surface area contributed by atoms with Crippen LogP contribution in [0, 0.1) is 11.3 Å². The Morgan fingerprint density at radius 3 is 3.00 bits per heavy atom. The molecule has 0 saturated heterocycles. The highest BCUT2D eigenvalue weighted by molar-refractivity contribution is 6.31. The number of rotatable bonds is 3. The molecular formula is C12H11ClN4. The van der Waals surface area contributed by atoms with E-state index >= 15 is 0 Å². The highest BCUT2D eigenvalue weighted by Crippen LogP contribution is 2.19. The molecule has 0 unspecified atom stereocenters. The predicted octanol–water partition coefficient (Wildman–Crippen LogP) is 2.56. The molecule has 0 radical (unpaired) electrons. The number of halogens is 1. The first kappa shape index (κ1) is 11.5. The van der Waals surface area contributed by atoms with Crippen LogP contribution in [0.15, 0.2) is 30.6 Å². The number of benzene rings is 1. The summed E-state index contributed by atoms with van der Waals surface area (Å²) in [4.78, 5) is 4.20. The van der Waals surface area contributed by atoms with Crippen LogP contribution in [-0.4, -0.2) is 9.55 Å². The normalized spacial score (nSPS) is 9.94. The number of aryl methyl sites for hydroxylation is 1. The lowest BCUT2D eigenvalue weighted by atomic mass is 10.2. The minimum Gasteiger partial charge on any atom is -0.378 e. The average molecular weight is 247 g/mol. The molecule has 1 heterocycles. The molecule has 0 aliphatic heterocycles. The summed E-state index contributed by atoms with van der Waals surface area (Å²) in [5.74, 6) is 0.929. The minimum absolute atomic E-state index is 0.468. The van der Waals surface area contributed by atoms with E-state index in [-0.39, 0.29) is 0 Å². The Balaban J connectivity index is 2.10. The number of nitrogens with one attached hydrogen (secondary N) is 1. The third-order valence-electron chi connectivity index (χ3n) is 2.46. The largest absolute Gasteiger partial charge is 0.378 e. The van der Waals surface area contributed by atoms with Gasteiger partial charge in [0.05, 0.1) is 17.1 Å². The van der Waals surface area contributed by atoms with Gasteiger partial charge < -0.3 is 9.88 Å². The molecule has 86 valence electrons. The van der Waals surface area contributed by atoms with E-state index in [1.54, 1.807) is 18.3 Å². The molecule has 1 N–H and O–H groups in total. The fourth-order valence-electron chi connectivity index (χ4n) is 1.47. The maximum atomic E-state index is 8.86. The molecule has 4 nitrogen and oxygen atoms in total.